The Morgan fingerprint density at radius 2 is 2.04 bits per heavy atom. The highest BCUT2D eigenvalue weighted by Crippen LogP contribution is 2.39. The average molecular weight is 326 g/mol. The zero-order chi connectivity index (χ0) is 17.5. The molecule has 0 spiro atoms. The summed E-state index contributed by atoms with van der Waals surface area (Å²) in [5.74, 6) is 0.622. The van der Waals surface area contributed by atoms with Crippen LogP contribution in [0.1, 0.15) is 47.8 Å². The highest BCUT2D eigenvalue weighted by molar-refractivity contribution is 5.94. The van der Waals surface area contributed by atoms with Gasteiger partial charge in [-0.15, -0.1) is 0 Å². The van der Waals surface area contributed by atoms with Gasteiger partial charge in [-0.3, -0.25) is 9.59 Å². The number of fused-ring (bicyclic) bond motifs is 1. The van der Waals surface area contributed by atoms with Crippen molar-refractivity contribution in [2.24, 2.45) is 7.05 Å². The zero-order valence-electron chi connectivity index (χ0n) is 14.4. The normalized spacial score (nSPS) is 18.4. The molecule has 5 heteroatoms. The van der Waals surface area contributed by atoms with Gasteiger partial charge in [0.25, 0.3) is 5.91 Å². The summed E-state index contributed by atoms with van der Waals surface area (Å²) in [6.07, 6.45) is 2.23. The third-order valence-electron chi connectivity index (χ3n) is 4.28. The molecule has 126 valence electrons. The number of carbonyl (C=O) groups is 1. The first-order chi connectivity index (χ1) is 11.2. The van der Waals surface area contributed by atoms with E-state index in [0.29, 0.717) is 12.0 Å². The smallest absolute Gasteiger partial charge is 0.253 e. The van der Waals surface area contributed by atoms with Gasteiger partial charge in [0.05, 0.1) is 11.6 Å². The number of benzene rings is 1. The fraction of sp³-hybridized carbons (Fsp3) is 0.368. The van der Waals surface area contributed by atoms with E-state index < -0.39 is 0 Å². The molecule has 1 N–H and O–H groups in total. The number of aromatic nitrogens is 1. The van der Waals surface area contributed by atoms with Crippen molar-refractivity contribution in [1.29, 1.82) is 0 Å². The van der Waals surface area contributed by atoms with Gasteiger partial charge in [-0.05, 0) is 38.5 Å². The number of pyridine rings is 1. The molecular formula is C19H22N2O3. The summed E-state index contributed by atoms with van der Waals surface area (Å²) in [4.78, 5) is 24.1. The molecule has 2 heterocycles. The molecular weight excluding hydrogens is 304 g/mol. The van der Waals surface area contributed by atoms with Crippen molar-refractivity contribution in [3.8, 4) is 5.75 Å². The van der Waals surface area contributed by atoms with E-state index in [-0.39, 0.29) is 23.1 Å². The number of amides is 1. The molecule has 0 saturated heterocycles. The number of rotatable bonds is 2. The Labute approximate surface area is 141 Å². The summed E-state index contributed by atoms with van der Waals surface area (Å²) in [5.41, 5.74) is 2.07. The van der Waals surface area contributed by atoms with Gasteiger partial charge < -0.3 is 14.6 Å². The van der Waals surface area contributed by atoms with Gasteiger partial charge in [0.2, 0.25) is 5.56 Å². The maximum atomic E-state index is 12.6. The van der Waals surface area contributed by atoms with Crippen LogP contribution in [0.2, 0.25) is 0 Å². The van der Waals surface area contributed by atoms with Crippen molar-refractivity contribution in [3.63, 3.8) is 0 Å². The highest BCUT2D eigenvalue weighted by atomic mass is 16.5. The zero-order valence-corrected chi connectivity index (χ0v) is 14.4. The topological polar surface area (TPSA) is 60.3 Å². The van der Waals surface area contributed by atoms with Crippen LogP contribution in [-0.2, 0) is 7.05 Å². The average Bonchev–Trinajstić information content (AvgIpc) is 2.48. The molecule has 0 fully saturated rings. The molecule has 5 nitrogen and oxygen atoms in total. The monoisotopic (exact) mass is 326 g/mol. The number of nitrogens with one attached hydrogen (secondary N) is 1. The Kier molecular flexibility index (Phi) is 3.95. The fourth-order valence-electron chi connectivity index (χ4n) is 3.06. The minimum absolute atomic E-state index is 0.130. The maximum Gasteiger partial charge on any atom is 0.253 e. The van der Waals surface area contributed by atoms with E-state index in [4.69, 9.17) is 4.74 Å². The van der Waals surface area contributed by atoms with Crippen LogP contribution >= 0.6 is 0 Å². The molecule has 2 aromatic rings. The van der Waals surface area contributed by atoms with E-state index in [1.807, 2.05) is 39.0 Å². The van der Waals surface area contributed by atoms with Gasteiger partial charge in [0.1, 0.15) is 11.4 Å². The van der Waals surface area contributed by atoms with Crippen LogP contribution in [0.25, 0.3) is 0 Å². The number of carbonyl (C=O) groups excluding carboxylic acids is 1. The molecule has 0 aliphatic carbocycles. The van der Waals surface area contributed by atoms with Crippen LogP contribution < -0.4 is 15.6 Å². The second kappa shape index (κ2) is 5.82. The molecule has 0 unspecified atom stereocenters. The number of ether oxygens (including phenoxy) is 1. The Morgan fingerprint density at radius 3 is 2.75 bits per heavy atom. The molecule has 0 bridgehead atoms. The van der Waals surface area contributed by atoms with Crippen LogP contribution in [0.15, 0.2) is 41.3 Å². The molecule has 1 aliphatic rings. The predicted molar refractivity (Wildman–Crippen MR) is 92.4 cm³/mol. The Balaban J connectivity index is 1.90. The largest absolute Gasteiger partial charge is 0.487 e. The van der Waals surface area contributed by atoms with Gasteiger partial charge in [0.15, 0.2) is 0 Å². The molecule has 1 atom stereocenters. The van der Waals surface area contributed by atoms with E-state index in [1.165, 1.54) is 10.6 Å². The number of hydrogen-bond acceptors (Lipinski definition) is 3. The van der Waals surface area contributed by atoms with Crippen LogP contribution in [-0.4, -0.2) is 16.1 Å². The van der Waals surface area contributed by atoms with Crippen LogP contribution in [0.3, 0.4) is 0 Å². The lowest BCUT2D eigenvalue weighted by Gasteiger charge is -2.38. The van der Waals surface area contributed by atoms with Crippen molar-refractivity contribution in [2.45, 2.75) is 38.8 Å². The first-order valence-corrected chi connectivity index (χ1v) is 8.02. The quantitative estimate of drug-likeness (QED) is 0.923. The van der Waals surface area contributed by atoms with Gasteiger partial charge >= 0.3 is 0 Å². The number of aryl methyl sites for hydroxylation is 2. The van der Waals surface area contributed by atoms with E-state index in [0.717, 1.165) is 16.9 Å². The number of hydrogen-bond donors (Lipinski definition) is 1. The van der Waals surface area contributed by atoms with E-state index >= 15 is 0 Å². The Bertz CT molecular complexity index is 852. The highest BCUT2D eigenvalue weighted by Gasteiger charge is 2.34. The lowest BCUT2D eigenvalue weighted by atomic mass is 9.89. The van der Waals surface area contributed by atoms with Crippen LogP contribution in [0.5, 0.6) is 5.75 Å². The molecule has 3 rings (SSSR count). The SMILES string of the molecule is Cc1ccc2c(c1)OC(C)(C)C[C@@H]2NC(=O)c1ccc(=O)n(C)c1. The van der Waals surface area contributed by atoms with Gasteiger partial charge in [-0.25, -0.2) is 0 Å². The second-order valence-corrected chi connectivity index (χ2v) is 7.00. The third-order valence-corrected chi connectivity index (χ3v) is 4.28. The maximum absolute atomic E-state index is 12.6. The van der Waals surface area contributed by atoms with E-state index in [1.54, 1.807) is 19.3 Å². The Hall–Kier alpha value is -2.56. The summed E-state index contributed by atoms with van der Waals surface area (Å²) in [6, 6.07) is 8.85. The van der Waals surface area contributed by atoms with Crippen molar-refractivity contribution in [3.05, 3.63) is 63.6 Å². The number of nitrogens with zero attached hydrogens (tertiary/aromatic N) is 1. The molecule has 1 amide bonds. The van der Waals surface area contributed by atoms with E-state index in [9.17, 15) is 9.59 Å². The lowest BCUT2D eigenvalue weighted by molar-refractivity contribution is 0.0619. The molecule has 1 aromatic heterocycles. The van der Waals surface area contributed by atoms with Gasteiger partial charge in [-0.2, -0.15) is 0 Å². The minimum atomic E-state index is -0.359. The summed E-state index contributed by atoms with van der Waals surface area (Å²) < 4.78 is 7.46. The molecule has 1 aromatic carbocycles. The van der Waals surface area contributed by atoms with Gasteiger partial charge in [0, 0.05) is 31.3 Å². The molecule has 1 aliphatic heterocycles. The standard InChI is InChI=1S/C19H22N2O3/c1-12-5-7-14-15(10-19(2,3)24-16(14)9-12)20-18(23)13-6-8-17(22)21(4)11-13/h5-9,11,15H,10H2,1-4H3,(H,20,23)/t15-/m0/s1. The van der Waals surface area contributed by atoms with Crippen LogP contribution in [0.4, 0.5) is 0 Å². The fourth-order valence-corrected chi connectivity index (χ4v) is 3.06. The first kappa shape index (κ1) is 16.3. The summed E-state index contributed by atoms with van der Waals surface area (Å²) in [5, 5.41) is 3.08. The minimum Gasteiger partial charge on any atom is -0.487 e. The predicted octanol–water partition coefficient (Wildman–Crippen LogP) is 2.73. The molecule has 0 radical (unpaired) electrons. The molecule has 24 heavy (non-hydrogen) atoms. The Morgan fingerprint density at radius 1 is 1.29 bits per heavy atom. The summed E-state index contributed by atoms with van der Waals surface area (Å²) >= 11 is 0. The second-order valence-electron chi connectivity index (χ2n) is 7.00. The summed E-state index contributed by atoms with van der Waals surface area (Å²) in [7, 11) is 1.63. The molecule has 0 saturated carbocycles. The van der Waals surface area contributed by atoms with E-state index in [2.05, 4.69) is 5.32 Å². The first-order valence-electron chi connectivity index (χ1n) is 8.02. The summed E-state index contributed by atoms with van der Waals surface area (Å²) in [6.45, 7) is 6.05. The van der Waals surface area contributed by atoms with Gasteiger partial charge in [-0.1, -0.05) is 12.1 Å². The van der Waals surface area contributed by atoms with Crippen molar-refractivity contribution < 1.29 is 9.53 Å². The lowest BCUT2D eigenvalue weighted by Crippen LogP contribution is -2.41. The van der Waals surface area contributed by atoms with Crippen molar-refractivity contribution in [1.82, 2.24) is 9.88 Å². The van der Waals surface area contributed by atoms with Crippen LogP contribution in [0, 0.1) is 6.92 Å². The van der Waals surface area contributed by atoms with Crippen molar-refractivity contribution >= 4 is 5.91 Å². The third kappa shape index (κ3) is 3.20. The van der Waals surface area contributed by atoms with Crippen molar-refractivity contribution in [2.75, 3.05) is 0 Å².